The van der Waals surface area contributed by atoms with E-state index in [2.05, 4.69) is 52.9 Å². The highest BCUT2D eigenvalue weighted by Crippen LogP contribution is 2.09. The smallest absolute Gasteiger partial charge is 0.407 e. The molecule has 1 rings (SSSR count). The van der Waals surface area contributed by atoms with Gasteiger partial charge in [0.25, 0.3) is 0 Å². The van der Waals surface area contributed by atoms with Crippen LogP contribution in [0.4, 0.5) is 4.79 Å². The number of ether oxygens (including phenoxy) is 1. The number of aryl methyl sites for hydroxylation is 3. The quantitative estimate of drug-likeness (QED) is 0.332. The Hall–Kier alpha value is -2.25. The maximum atomic E-state index is 12.1. The van der Waals surface area contributed by atoms with Crippen molar-refractivity contribution in [3.8, 4) is 0 Å². The van der Waals surface area contributed by atoms with Gasteiger partial charge >= 0.3 is 6.09 Å². The molecule has 8 nitrogen and oxygen atoms in total. The topological polar surface area (TPSA) is 92.6 Å². The van der Waals surface area contributed by atoms with Crippen LogP contribution in [0.1, 0.15) is 59.4 Å². The third-order valence-corrected chi connectivity index (χ3v) is 4.24. The number of hydrogen-bond acceptors (Lipinski definition) is 4. The second-order valence-electron chi connectivity index (χ2n) is 8.65. The Morgan fingerprint density at radius 3 is 2.48 bits per heavy atom. The highest BCUT2D eigenvalue weighted by Gasteiger charge is 2.21. The van der Waals surface area contributed by atoms with Crippen molar-refractivity contribution in [3.63, 3.8) is 0 Å². The molecule has 1 heterocycles. The van der Waals surface area contributed by atoms with Gasteiger partial charge in [-0.2, -0.15) is 5.10 Å². The Morgan fingerprint density at radius 1 is 1.28 bits per heavy atom. The molecule has 8 heteroatoms. The van der Waals surface area contributed by atoms with E-state index >= 15 is 0 Å². The van der Waals surface area contributed by atoms with Gasteiger partial charge in [-0.3, -0.25) is 9.67 Å². The molecule has 0 aliphatic rings. The third-order valence-electron chi connectivity index (χ3n) is 4.24. The van der Waals surface area contributed by atoms with Crippen LogP contribution in [0.2, 0.25) is 0 Å². The van der Waals surface area contributed by atoms with Gasteiger partial charge in [0.2, 0.25) is 0 Å². The highest BCUT2D eigenvalue weighted by molar-refractivity contribution is 5.79. The van der Waals surface area contributed by atoms with Crippen molar-refractivity contribution in [2.45, 2.75) is 80.0 Å². The normalized spacial score (nSPS) is 13.3. The highest BCUT2D eigenvalue weighted by atomic mass is 16.6. The minimum atomic E-state index is -0.517. The zero-order chi connectivity index (χ0) is 22.0. The maximum Gasteiger partial charge on any atom is 0.407 e. The fourth-order valence-electron chi connectivity index (χ4n) is 2.75. The standard InChI is InChI=1S/C21H40N6O2/c1-9-22-19(23-11-10-12-27-17(5)13-16(4)26-27)24-14-18(15(2)3)25-20(28)29-21(6,7)8/h13,15,18H,9-12,14H2,1-8H3,(H,25,28)(H2,22,23,24). The van der Waals surface area contributed by atoms with Crippen LogP contribution >= 0.6 is 0 Å². The summed E-state index contributed by atoms with van der Waals surface area (Å²) < 4.78 is 7.40. The van der Waals surface area contributed by atoms with Gasteiger partial charge < -0.3 is 20.7 Å². The molecule has 0 radical (unpaired) electrons. The summed E-state index contributed by atoms with van der Waals surface area (Å²) in [6.45, 7) is 18.7. The summed E-state index contributed by atoms with van der Waals surface area (Å²) in [6.07, 6.45) is 0.533. The van der Waals surface area contributed by atoms with Gasteiger partial charge in [0.05, 0.1) is 18.3 Å². The molecule has 1 unspecified atom stereocenters. The number of nitrogens with one attached hydrogen (secondary N) is 3. The fraction of sp³-hybridized carbons (Fsp3) is 0.762. The van der Waals surface area contributed by atoms with Gasteiger partial charge in [-0.25, -0.2) is 4.79 Å². The molecule has 3 N–H and O–H groups in total. The molecule has 1 aromatic heterocycles. The average molecular weight is 409 g/mol. The van der Waals surface area contributed by atoms with E-state index in [0.717, 1.165) is 37.7 Å². The number of alkyl carbamates (subject to hydrolysis) is 1. The molecule has 0 aliphatic heterocycles. The number of carbonyl (C=O) groups excluding carboxylic acids is 1. The monoisotopic (exact) mass is 408 g/mol. The molecule has 0 aliphatic carbocycles. The number of hydrogen-bond donors (Lipinski definition) is 3. The van der Waals surface area contributed by atoms with Gasteiger partial charge in [-0.15, -0.1) is 0 Å². The predicted molar refractivity (Wildman–Crippen MR) is 118 cm³/mol. The largest absolute Gasteiger partial charge is 0.444 e. The SMILES string of the molecule is CCNC(=NCC(NC(=O)OC(C)(C)C)C(C)C)NCCCn1nc(C)cc1C. The molecule has 0 bridgehead atoms. The van der Waals surface area contributed by atoms with Crippen molar-refractivity contribution >= 4 is 12.1 Å². The number of amides is 1. The lowest BCUT2D eigenvalue weighted by Crippen LogP contribution is -2.45. The Balaban J connectivity index is 2.56. The van der Waals surface area contributed by atoms with Crippen molar-refractivity contribution in [1.29, 1.82) is 0 Å². The number of aromatic nitrogens is 2. The summed E-state index contributed by atoms with van der Waals surface area (Å²) in [5, 5.41) is 14.0. The number of aliphatic imine (C=N–C) groups is 1. The molecular formula is C21H40N6O2. The van der Waals surface area contributed by atoms with Crippen molar-refractivity contribution in [1.82, 2.24) is 25.7 Å². The van der Waals surface area contributed by atoms with Gasteiger partial charge in [0.15, 0.2) is 5.96 Å². The molecule has 0 aromatic carbocycles. The van der Waals surface area contributed by atoms with Gasteiger partial charge in [-0.1, -0.05) is 13.8 Å². The number of rotatable bonds is 9. The van der Waals surface area contributed by atoms with E-state index in [-0.39, 0.29) is 12.0 Å². The minimum Gasteiger partial charge on any atom is -0.444 e. The Labute approximate surface area is 175 Å². The molecule has 0 saturated heterocycles. The zero-order valence-electron chi connectivity index (χ0n) is 19.4. The molecule has 166 valence electrons. The van der Waals surface area contributed by atoms with Crippen molar-refractivity contribution in [2.24, 2.45) is 10.9 Å². The van der Waals surface area contributed by atoms with Crippen LogP contribution in [0.3, 0.4) is 0 Å². The van der Waals surface area contributed by atoms with E-state index in [1.807, 2.05) is 39.3 Å². The lowest BCUT2D eigenvalue weighted by Gasteiger charge is -2.25. The number of guanidine groups is 1. The number of nitrogens with zero attached hydrogens (tertiary/aromatic N) is 3. The summed E-state index contributed by atoms with van der Waals surface area (Å²) >= 11 is 0. The van der Waals surface area contributed by atoms with Gasteiger partial charge in [0.1, 0.15) is 5.60 Å². The lowest BCUT2D eigenvalue weighted by atomic mass is 10.1. The van der Waals surface area contributed by atoms with E-state index in [0.29, 0.717) is 6.54 Å². The van der Waals surface area contributed by atoms with Crippen molar-refractivity contribution < 1.29 is 9.53 Å². The third kappa shape index (κ3) is 10.2. The zero-order valence-corrected chi connectivity index (χ0v) is 19.4. The second kappa shape index (κ2) is 11.7. The summed E-state index contributed by atoms with van der Waals surface area (Å²) in [7, 11) is 0. The molecule has 1 aromatic rings. The number of carbonyl (C=O) groups is 1. The first-order valence-corrected chi connectivity index (χ1v) is 10.5. The van der Waals surface area contributed by atoms with Crippen molar-refractivity contribution in [2.75, 3.05) is 19.6 Å². The molecule has 0 spiro atoms. The average Bonchev–Trinajstić information content (AvgIpc) is 2.90. The van der Waals surface area contributed by atoms with Crippen LogP contribution in [0.15, 0.2) is 11.1 Å². The molecule has 1 amide bonds. The van der Waals surface area contributed by atoms with E-state index in [1.54, 1.807) is 0 Å². The molecule has 1 atom stereocenters. The Bertz CT molecular complexity index is 661. The first-order chi connectivity index (χ1) is 13.5. The molecular weight excluding hydrogens is 368 g/mol. The van der Waals surface area contributed by atoms with Gasteiger partial charge in [-0.05, 0) is 59.9 Å². The lowest BCUT2D eigenvalue weighted by molar-refractivity contribution is 0.0493. The van der Waals surface area contributed by atoms with Crippen LogP contribution < -0.4 is 16.0 Å². The van der Waals surface area contributed by atoms with Crippen LogP contribution in [-0.2, 0) is 11.3 Å². The second-order valence-corrected chi connectivity index (χ2v) is 8.65. The van der Waals surface area contributed by atoms with Crippen LogP contribution in [0, 0.1) is 19.8 Å². The molecule has 29 heavy (non-hydrogen) atoms. The fourth-order valence-corrected chi connectivity index (χ4v) is 2.75. The molecule has 0 saturated carbocycles. The first kappa shape index (κ1) is 24.8. The Morgan fingerprint density at radius 2 is 1.97 bits per heavy atom. The summed E-state index contributed by atoms with van der Waals surface area (Å²) in [4.78, 5) is 16.7. The Kier molecular flexibility index (Phi) is 9.98. The van der Waals surface area contributed by atoms with E-state index in [4.69, 9.17) is 4.74 Å². The van der Waals surface area contributed by atoms with E-state index < -0.39 is 11.7 Å². The predicted octanol–water partition coefficient (Wildman–Crippen LogP) is 2.99. The minimum absolute atomic E-state index is 0.102. The van der Waals surface area contributed by atoms with E-state index in [1.165, 1.54) is 5.69 Å². The summed E-state index contributed by atoms with van der Waals surface area (Å²) in [5.74, 6) is 0.984. The van der Waals surface area contributed by atoms with Crippen LogP contribution in [0.5, 0.6) is 0 Å². The first-order valence-electron chi connectivity index (χ1n) is 10.5. The maximum absolute atomic E-state index is 12.1. The van der Waals surface area contributed by atoms with Gasteiger partial charge in [0, 0.05) is 25.3 Å². The van der Waals surface area contributed by atoms with Crippen LogP contribution in [-0.4, -0.2) is 53.1 Å². The van der Waals surface area contributed by atoms with E-state index in [9.17, 15) is 4.79 Å². The molecule has 0 fully saturated rings. The summed E-state index contributed by atoms with van der Waals surface area (Å²) in [5.41, 5.74) is 1.70. The van der Waals surface area contributed by atoms with Crippen molar-refractivity contribution in [3.05, 3.63) is 17.5 Å². The van der Waals surface area contributed by atoms with Crippen LogP contribution in [0.25, 0.3) is 0 Å². The summed E-state index contributed by atoms with van der Waals surface area (Å²) in [6, 6.07) is 1.98.